The summed E-state index contributed by atoms with van der Waals surface area (Å²) in [6.07, 6.45) is 0. The van der Waals surface area contributed by atoms with Crippen molar-refractivity contribution in [3.8, 4) is 44.0 Å². The molecule has 8 aromatic carbocycles. The molecule has 0 saturated carbocycles. The van der Waals surface area contributed by atoms with Crippen molar-refractivity contribution in [2.24, 2.45) is 5.10 Å². The highest BCUT2D eigenvalue weighted by molar-refractivity contribution is 8.14. The van der Waals surface area contributed by atoms with Crippen LogP contribution in [0.1, 0.15) is 5.56 Å². The zero-order chi connectivity index (χ0) is 36.6. The molecule has 1 aromatic heterocycles. The molecule has 0 atom stereocenters. The van der Waals surface area contributed by atoms with Gasteiger partial charge >= 0.3 is 0 Å². The molecule has 0 bridgehead atoms. The number of hydrazone groups is 1. The summed E-state index contributed by atoms with van der Waals surface area (Å²) in [4.78, 5) is 2.34. The summed E-state index contributed by atoms with van der Waals surface area (Å²) in [7, 11) is 0. The number of anilines is 3. The van der Waals surface area contributed by atoms with E-state index in [9.17, 15) is 0 Å². The lowest BCUT2D eigenvalue weighted by Crippen LogP contribution is -2.09. The Bertz CT molecular complexity index is 2810. The molecule has 7 heteroatoms. The number of aromatic nitrogens is 2. The minimum Gasteiger partial charge on any atom is -0.310 e. The van der Waals surface area contributed by atoms with E-state index < -0.39 is 0 Å². The second-order valence-electron chi connectivity index (χ2n) is 13.5. The second kappa shape index (κ2) is 14.4. The minimum atomic E-state index is 0.820. The second-order valence-corrected chi connectivity index (χ2v) is 15.3. The highest BCUT2D eigenvalue weighted by Gasteiger charge is 2.15. The zero-order valence-electron chi connectivity index (χ0n) is 29.6. The Balaban J connectivity index is 0.991. The van der Waals surface area contributed by atoms with Gasteiger partial charge in [0.25, 0.3) is 0 Å². The van der Waals surface area contributed by atoms with E-state index in [1.165, 1.54) is 43.8 Å². The van der Waals surface area contributed by atoms with Crippen LogP contribution in [0.15, 0.2) is 187 Å². The molecule has 1 N–H and O–H groups in total. The Morgan fingerprint density at radius 2 is 0.909 bits per heavy atom. The van der Waals surface area contributed by atoms with Crippen molar-refractivity contribution in [2.45, 2.75) is 0 Å². The van der Waals surface area contributed by atoms with Gasteiger partial charge in [0.1, 0.15) is 15.6 Å². The molecular weight excluding hydrogens is 711 g/mol. The first kappa shape index (κ1) is 33.1. The average molecular weight is 744 g/mol. The fraction of sp³-hybridized carbons (Fsp3) is 0.0208. The highest BCUT2D eigenvalue weighted by Crippen LogP contribution is 2.39. The third-order valence-electron chi connectivity index (χ3n) is 10.2. The molecule has 1 aliphatic heterocycles. The molecule has 0 amide bonds. The summed E-state index contributed by atoms with van der Waals surface area (Å²) in [5.74, 6) is 0.820. The predicted octanol–water partition coefficient (Wildman–Crippen LogP) is 12.9. The third-order valence-corrected chi connectivity index (χ3v) is 11.8. The molecule has 55 heavy (non-hydrogen) atoms. The number of hydrogen-bond donors (Lipinski definition) is 1. The molecule has 0 aliphatic carbocycles. The Labute approximate surface area is 327 Å². The molecule has 2 heterocycles. The Morgan fingerprint density at radius 3 is 1.49 bits per heavy atom. The zero-order valence-corrected chi connectivity index (χ0v) is 31.3. The molecule has 1 aliphatic rings. The number of fused-ring (bicyclic) bond motifs is 2. The highest BCUT2D eigenvalue weighted by atomic mass is 32.2. The van der Waals surface area contributed by atoms with Crippen molar-refractivity contribution >= 4 is 66.7 Å². The number of benzene rings is 8. The molecule has 5 nitrogen and oxygen atoms in total. The van der Waals surface area contributed by atoms with E-state index in [2.05, 4.69) is 202 Å². The standard InChI is InChI=1S/C48H33N5S2/c1-2-4-39-27-40(14-9-32(39)3-1)41-15-16-43-29-46(26-21-42(43)28-41)53(44-22-17-35(18-23-44)33-5-10-37(11-6-33)47-51-49-30-54-47)45-24-19-36(20-25-45)34-7-12-38(13-8-34)48-52-50-31-55-48/h1-30,50H,31H2. The van der Waals surface area contributed by atoms with Crippen LogP contribution in [0.3, 0.4) is 0 Å². The lowest BCUT2D eigenvalue weighted by atomic mass is 9.98. The van der Waals surface area contributed by atoms with E-state index in [1.807, 2.05) is 0 Å². The van der Waals surface area contributed by atoms with Crippen LogP contribution in [0, 0.1) is 0 Å². The van der Waals surface area contributed by atoms with Gasteiger partial charge in [0.2, 0.25) is 0 Å². The number of thioether (sulfide) groups is 1. The first-order valence-electron chi connectivity index (χ1n) is 18.2. The third kappa shape index (κ3) is 6.65. The van der Waals surface area contributed by atoms with Crippen LogP contribution < -0.4 is 10.3 Å². The lowest BCUT2D eigenvalue weighted by Gasteiger charge is -2.26. The van der Waals surface area contributed by atoms with Crippen molar-refractivity contribution < 1.29 is 0 Å². The van der Waals surface area contributed by atoms with Gasteiger partial charge in [-0.25, -0.2) is 0 Å². The molecule has 262 valence electrons. The number of rotatable bonds is 8. The maximum atomic E-state index is 4.40. The van der Waals surface area contributed by atoms with E-state index in [-0.39, 0.29) is 0 Å². The van der Waals surface area contributed by atoms with Crippen LogP contribution in [-0.4, -0.2) is 21.1 Å². The number of hydrogen-bond acceptors (Lipinski definition) is 7. The normalized spacial score (nSPS) is 12.5. The molecule has 0 radical (unpaired) electrons. The van der Waals surface area contributed by atoms with Crippen molar-refractivity contribution in [1.29, 1.82) is 0 Å². The monoisotopic (exact) mass is 743 g/mol. The molecule has 0 spiro atoms. The molecule has 9 aromatic rings. The SMILES string of the molecule is c1ccc2cc(-c3ccc4cc(N(c5ccc(-c6ccc(C7=NNCS7)cc6)cc5)c5ccc(-c6ccc(-c7nncs7)cc6)cc5)ccc4c3)ccc2c1. The Kier molecular flexibility index (Phi) is 8.63. The van der Waals surface area contributed by atoms with E-state index in [0.717, 1.165) is 55.2 Å². The summed E-state index contributed by atoms with van der Waals surface area (Å²) >= 11 is 3.28. The van der Waals surface area contributed by atoms with Crippen LogP contribution in [0.4, 0.5) is 17.1 Å². The lowest BCUT2D eigenvalue weighted by molar-refractivity contribution is 0.893. The fourth-order valence-electron chi connectivity index (χ4n) is 7.27. The van der Waals surface area contributed by atoms with E-state index in [0.29, 0.717) is 0 Å². The van der Waals surface area contributed by atoms with Crippen molar-refractivity contribution in [3.05, 3.63) is 187 Å². The van der Waals surface area contributed by atoms with Gasteiger partial charge in [-0.05, 0) is 103 Å². The van der Waals surface area contributed by atoms with Crippen molar-refractivity contribution in [3.63, 3.8) is 0 Å². The summed E-state index contributed by atoms with van der Waals surface area (Å²) in [6, 6.07) is 63.7. The van der Waals surface area contributed by atoms with Gasteiger partial charge in [-0.2, -0.15) is 5.10 Å². The maximum absolute atomic E-state index is 4.40. The summed E-state index contributed by atoms with van der Waals surface area (Å²) in [6.45, 7) is 0. The smallest absolute Gasteiger partial charge is 0.147 e. The molecule has 10 rings (SSSR count). The topological polar surface area (TPSA) is 53.4 Å². The van der Waals surface area contributed by atoms with Crippen LogP contribution in [0.2, 0.25) is 0 Å². The van der Waals surface area contributed by atoms with Crippen molar-refractivity contribution in [2.75, 3.05) is 10.8 Å². The van der Waals surface area contributed by atoms with Gasteiger partial charge in [0, 0.05) is 28.2 Å². The van der Waals surface area contributed by atoms with Gasteiger partial charge in [0.05, 0.1) is 5.88 Å². The van der Waals surface area contributed by atoms with E-state index >= 15 is 0 Å². The molecular formula is C48H33N5S2. The first-order valence-corrected chi connectivity index (χ1v) is 20.0. The van der Waals surface area contributed by atoms with Crippen molar-refractivity contribution in [1.82, 2.24) is 15.6 Å². The predicted molar refractivity (Wildman–Crippen MR) is 233 cm³/mol. The van der Waals surface area contributed by atoms with Gasteiger partial charge < -0.3 is 4.90 Å². The first-order chi connectivity index (χ1) is 27.2. The Morgan fingerprint density at radius 1 is 0.436 bits per heavy atom. The molecule has 0 unspecified atom stereocenters. The fourth-order valence-corrected chi connectivity index (χ4v) is 8.53. The van der Waals surface area contributed by atoms with E-state index in [1.54, 1.807) is 28.6 Å². The van der Waals surface area contributed by atoms with E-state index in [4.69, 9.17) is 0 Å². The molecule has 0 saturated heterocycles. The van der Waals surface area contributed by atoms with Gasteiger partial charge in [0.15, 0.2) is 0 Å². The van der Waals surface area contributed by atoms with Crippen LogP contribution >= 0.6 is 23.1 Å². The number of nitrogens with zero attached hydrogens (tertiary/aromatic N) is 4. The van der Waals surface area contributed by atoms with Crippen LogP contribution in [0.5, 0.6) is 0 Å². The minimum absolute atomic E-state index is 0.820. The summed E-state index contributed by atoms with van der Waals surface area (Å²) in [5, 5.41) is 19.5. The van der Waals surface area contributed by atoms with Gasteiger partial charge in [-0.3, -0.25) is 5.43 Å². The quantitative estimate of drug-likeness (QED) is 0.168. The summed E-state index contributed by atoms with van der Waals surface area (Å²) in [5.41, 5.74) is 17.4. The average Bonchev–Trinajstić information content (AvgIpc) is 4.01. The molecule has 0 fully saturated rings. The van der Waals surface area contributed by atoms with Crippen LogP contribution in [0.25, 0.3) is 65.5 Å². The Hall–Kier alpha value is -6.54. The van der Waals surface area contributed by atoms with Gasteiger partial charge in [-0.15, -0.1) is 10.2 Å². The maximum Gasteiger partial charge on any atom is 0.147 e. The largest absolute Gasteiger partial charge is 0.310 e. The van der Waals surface area contributed by atoms with Crippen LogP contribution in [-0.2, 0) is 0 Å². The summed E-state index contributed by atoms with van der Waals surface area (Å²) < 4.78 is 0. The number of nitrogens with one attached hydrogen (secondary N) is 1. The van der Waals surface area contributed by atoms with Gasteiger partial charge in [-0.1, -0.05) is 150 Å².